The minimum Gasteiger partial charge on any atom is -0.494 e. The van der Waals surface area contributed by atoms with Crippen LogP contribution >= 0.6 is 0 Å². The molecule has 0 radical (unpaired) electrons. The Kier molecular flexibility index (Phi) is 8.23. The zero-order valence-electron chi connectivity index (χ0n) is 17.8. The lowest BCUT2D eigenvalue weighted by atomic mass is 10.2. The molecule has 31 heavy (non-hydrogen) atoms. The van der Waals surface area contributed by atoms with Crippen LogP contribution in [0.2, 0.25) is 0 Å². The number of hydrogen-bond acceptors (Lipinski definition) is 3. The summed E-state index contributed by atoms with van der Waals surface area (Å²) in [5.74, 6) is 0.396. The first-order chi connectivity index (χ1) is 15.2. The fourth-order valence-electron chi connectivity index (χ4n) is 3.05. The van der Waals surface area contributed by atoms with Gasteiger partial charge in [-0.3, -0.25) is 9.59 Å². The number of hydrogen-bond donors (Lipinski definition) is 2. The number of rotatable bonds is 10. The molecule has 2 amide bonds. The van der Waals surface area contributed by atoms with E-state index in [0.29, 0.717) is 29.1 Å². The Hall–Kier alpha value is -3.60. The number of benzene rings is 3. The molecule has 160 valence electrons. The lowest BCUT2D eigenvalue weighted by Crippen LogP contribution is -2.13. The molecule has 0 heterocycles. The smallest absolute Gasteiger partial charge is 0.255 e. The first-order valence-electron chi connectivity index (χ1n) is 10.7. The Labute approximate surface area is 183 Å². The van der Waals surface area contributed by atoms with Crippen LogP contribution in [0.5, 0.6) is 5.75 Å². The van der Waals surface area contributed by atoms with E-state index in [1.807, 2.05) is 30.3 Å². The largest absolute Gasteiger partial charge is 0.494 e. The average molecular weight is 417 g/mol. The number of amides is 2. The third-order valence-corrected chi connectivity index (χ3v) is 4.82. The predicted molar refractivity (Wildman–Crippen MR) is 125 cm³/mol. The molecule has 0 aliphatic rings. The van der Waals surface area contributed by atoms with Crippen molar-refractivity contribution in [3.05, 3.63) is 90.0 Å². The summed E-state index contributed by atoms with van der Waals surface area (Å²) >= 11 is 0. The van der Waals surface area contributed by atoms with Gasteiger partial charge in [0.05, 0.1) is 6.61 Å². The molecule has 3 rings (SSSR count). The fraction of sp³-hybridized carbons (Fsp3) is 0.231. The summed E-state index contributed by atoms with van der Waals surface area (Å²) in [6.45, 7) is 2.88. The minimum atomic E-state index is -0.199. The van der Waals surface area contributed by atoms with E-state index in [2.05, 4.69) is 17.6 Å². The molecule has 0 fully saturated rings. The van der Waals surface area contributed by atoms with Crippen molar-refractivity contribution >= 4 is 23.2 Å². The van der Waals surface area contributed by atoms with Gasteiger partial charge in [-0.05, 0) is 67.1 Å². The van der Waals surface area contributed by atoms with Crippen molar-refractivity contribution < 1.29 is 14.3 Å². The summed E-state index contributed by atoms with van der Waals surface area (Å²) in [6, 6.07) is 23.2. The number of nitrogens with one attached hydrogen (secondary N) is 2. The third-order valence-electron chi connectivity index (χ3n) is 4.82. The summed E-state index contributed by atoms with van der Waals surface area (Å²) in [5.41, 5.74) is 2.46. The Morgan fingerprint density at radius 3 is 1.77 bits per heavy atom. The molecule has 0 aliphatic carbocycles. The van der Waals surface area contributed by atoms with Gasteiger partial charge in [-0.1, -0.05) is 44.4 Å². The van der Waals surface area contributed by atoms with Crippen molar-refractivity contribution in [1.29, 1.82) is 0 Å². The molecule has 5 heteroatoms. The van der Waals surface area contributed by atoms with Gasteiger partial charge in [0.25, 0.3) is 11.8 Å². The molecular weight excluding hydrogens is 388 g/mol. The van der Waals surface area contributed by atoms with E-state index in [4.69, 9.17) is 4.74 Å². The SMILES string of the molecule is CCCCCCOc1ccc(C(=O)Nc2ccc(NC(=O)c3ccccc3)cc2)cc1. The predicted octanol–water partition coefficient (Wildman–Crippen LogP) is 6.15. The lowest BCUT2D eigenvalue weighted by molar-refractivity contribution is 0.101. The van der Waals surface area contributed by atoms with Gasteiger partial charge in [0, 0.05) is 22.5 Å². The molecule has 5 nitrogen and oxygen atoms in total. The van der Waals surface area contributed by atoms with Crippen molar-refractivity contribution in [2.45, 2.75) is 32.6 Å². The third kappa shape index (κ3) is 7.00. The molecule has 0 saturated carbocycles. The van der Waals surface area contributed by atoms with Crippen molar-refractivity contribution in [3.63, 3.8) is 0 Å². The van der Waals surface area contributed by atoms with Gasteiger partial charge in [-0.25, -0.2) is 0 Å². The van der Waals surface area contributed by atoms with Gasteiger partial charge in [0.1, 0.15) is 5.75 Å². The van der Waals surface area contributed by atoms with Crippen LogP contribution in [0.25, 0.3) is 0 Å². The van der Waals surface area contributed by atoms with Crippen LogP contribution < -0.4 is 15.4 Å². The summed E-state index contributed by atoms with van der Waals surface area (Å²) in [6.07, 6.45) is 4.64. The molecule has 3 aromatic rings. The van der Waals surface area contributed by atoms with Crippen LogP contribution in [0.15, 0.2) is 78.9 Å². The molecule has 3 aromatic carbocycles. The number of carbonyl (C=O) groups excluding carboxylic acids is 2. The summed E-state index contributed by atoms with van der Waals surface area (Å²) in [7, 11) is 0. The van der Waals surface area contributed by atoms with E-state index in [9.17, 15) is 9.59 Å². The second-order valence-electron chi connectivity index (χ2n) is 7.29. The van der Waals surface area contributed by atoms with E-state index < -0.39 is 0 Å². The van der Waals surface area contributed by atoms with Crippen molar-refractivity contribution in [1.82, 2.24) is 0 Å². The number of carbonyl (C=O) groups is 2. The molecule has 0 spiro atoms. The van der Waals surface area contributed by atoms with Crippen LogP contribution in [-0.4, -0.2) is 18.4 Å². The van der Waals surface area contributed by atoms with Crippen molar-refractivity contribution in [3.8, 4) is 5.75 Å². The number of ether oxygens (including phenoxy) is 1. The average Bonchev–Trinajstić information content (AvgIpc) is 2.81. The van der Waals surface area contributed by atoms with Gasteiger partial charge in [-0.15, -0.1) is 0 Å². The van der Waals surface area contributed by atoms with E-state index in [1.165, 1.54) is 19.3 Å². The maximum atomic E-state index is 12.5. The second-order valence-corrected chi connectivity index (χ2v) is 7.29. The molecule has 0 unspecified atom stereocenters. The molecule has 0 saturated heterocycles. The maximum Gasteiger partial charge on any atom is 0.255 e. The van der Waals surface area contributed by atoms with Crippen molar-refractivity contribution in [2.24, 2.45) is 0 Å². The highest BCUT2D eigenvalue weighted by atomic mass is 16.5. The Bertz CT molecular complexity index is 968. The fourth-order valence-corrected chi connectivity index (χ4v) is 3.05. The van der Waals surface area contributed by atoms with Gasteiger partial charge in [0.15, 0.2) is 0 Å². The minimum absolute atomic E-state index is 0.176. The van der Waals surface area contributed by atoms with E-state index in [0.717, 1.165) is 12.2 Å². The van der Waals surface area contributed by atoms with E-state index in [1.54, 1.807) is 48.5 Å². The zero-order chi connectivity index (χ0) is 21.9. The van der Waals surface area contributed by atoms with E-state index >= 15 is 0 Å². The van der Waals surface area contributed by atoms with Gasteiger partial charge in [-0.2, -0.15) is 0 Å². The molecule has 0 aromatic heterocycles. The first-order valence-corrected chi connectivity index (χ1v) is 10.7. The summed E-state index contributed by atoms with van der Waals surface area (Å²) < 4.78 is 5.72. The quantitative estimate of drug-likeness (QED) is 0.390. The molecule has 0 atom stereocenters. The molecule has 0 aliphatic heterocycles. The lowest BCUT2D eigenvalue weighted by Gasteiger charge is -2.09. The monoisotopic (exact) mass is 416 g/mol. The van der Waals surface area contributed by atoms with Gasteiger partial charge >= 0.3 is 0 Å². The van der Waals surface area contributed by atoms with Crippen LogP contribution in [-0.2, 0) is 0 Å². The first kappa shape index (κ1) is 22.1. The number of anilines is 2. The summed E-state index contributed by atoms with van der Waals surface area (Å²) in [4.78, 5) is 24.7. The summed E-state index contributed by atoms with van der Waals surface area (Å²) in [5, 5.41) is 5.70. The Morgan fingerprint density at radius 2 is 1.23 bits per heavy atom. The van der Waals surface area contributed by atoms with Crippen molar-refractivity contribution in [2.75, 3.05) is 17.2 Å². The Balaban J connectivity index is 1.49. The van der Waals surface area contributed by atoms with Crippen LogP contribution in [0.4, 0.5) is 11.4 Å². The standard InChI is InChI=1S/C26H28N2O3/c1-2-3-4-8-19-31-24-17-11-21(12-18-24)26(30)28-23-15-13-22(14-16-23)27-25(29)20-9-6-5-7-10-20/h5-7,9-18H,2-4,8,19H2,1H3,(H,27,29)(H,28,30). The highest BCUT2D eigenvalue weighted by Gasteiger charge is 2.08. The van der Waals surface area contributed by atoms with Crippen LogP contribution in [0.3, 0.4) is 0 Å². The topological polar surface area (TPSA) is 67.4 Å². The molecular formula is C26H28N2O3. The highest BCUT2D eigenvalue weighted by molar-refractivity contribution is 6.05. The van der Waals surface area contributed by atoms with E-state index in [-0.39, 0.29) is 11.8 Å². The zero-order valence-corrected chi connectivity index (χ0v) is 17.8. The van der Waals surface area contributed by atoms with Crippen LogP contribution in [0.1, 0.15) is 53.3 Å². The second kappa shape index (κ2) is 11.6. The highest BCUT2D eigenvalue weighted by Crippen LogP contribution is 2.17. The normalized spacial score (nSPS) is 10.4. The molecule has 0 bridgehead atoms. The Morgan fingerprint density at radius 1 is 0.677 bits per heavy atom. The molecule has 2 N–H and O–H groups in total. The number of unbranched alkanes of at least 4 members (excludes halogenated alkanes) is 3. The van der Waals surface area contributed by atoms with Crippen LogP contribution in [0, 0.1) is 0 Å². The van der Waals surface area contributed by atoms with Gasteiger partial charge < -0.3 is 15.4 Å². The van der Waals surface area contributed by atoms with Gasteiger partial charge in [0.2, 0.25) is 0 Å². The maximum absolute atomic E-state index is 12.5.